The van der Waals surface area contributed by atoms with E-state index in [0.29, 0.717) is 0 Å². The average molecular weight is 397 g/mol. The van der Waals surface area contributed by atoms with Gasteiger partial charge in [0.1, 0.15) is 0 Å². The summed E-state index contributed by atoms with van der Waals surface area (Å²) in [6.07, 6.45) is 0. The van der Waals surface area contributed by atoms with Crippen molar-refractivity contribution in [3.63, 3.8) is 0 Å². The van der Waals surface area contributed by atoms with Gasteiger partial charge in [-0.1, -0.05) is 0 Å². The molecule has 0 aliphatic carbocycles. The van der Waals surface area contributed by atoms with Crippen LogP contribution in [-0.2, 0) is 16.6 Å². The fourth-order valence-electron chi connectivity index (χ4n) is 1.44. The summed E-state index contributed by atoms with van der Waals surface area (Å²) in [5.41, 5.74) is 0.778. The molecule has 0 unspecified atom stereocenters. The SMILES string of the molecule is CN(Cc1cc(Br)cs1)S(=O)(=O)c1scnc1C(=O)O. The maximum Gasteiger partial charge on any atom is 0.356 e. The molecule has 1 N–H and O–H groups in total. The number of carboxylic acid groups (broad SMARTS) is 1. The molecule has 6 nitrogen and oxygen atoms in total. The molecule has 2 aromatic heterocycles. The van der Waals surface area contributed by atoms with Crippen LogP contribution in [0.3, 0.4) is 0 Å². The summed E-state index contributed by atoms with van der Waals surface area (Å²) in [6, 6.07) is 1.82. The molecule has 2 rings (SSSR count). The number of aromatic nitrogens is 1. The molecule has 0 saturated heterocycles. The van der Waals surface area contributed by atoms with Crippen molar-refractivity contribution in [2.75, 3.05) is 7.05 Å². The van der Waals surface area contributed by atoms with Gasteiger partial charge in [-0.25, -0.2) is 18.2 Å². The Hall–Kier alpha value is -0.810. The standard InChI is InChI=1S/C10H9BrN2O4S3/c1-13(3-7-2-6(11)4-18-7)20(16,17)10-8(9(14)15)12-5-19-10/h2,4-5H,3H2,1H3,(H,14,15). The lowest BCUT2D eigenvalue weighted by molar-refractivity contribution is 0.0687. The molecule has 10 heteroatoms. The minimum atomic E-state index is -3.86. The van der Waals surface area contributed by atoms with Crippen LogP contribution in [0.1, 0.15) is 15.4 Å². The Bertz CT molecular complexity index is 737. The summed E-state index contributed by atoms with van der Waals surface area (Å²) in [4.78, 5) is 15.4. The summed E-state index contributed by atoms with van der Waals surface area (Å²) < 4.78 is 26.5. The van der Waals surface area contributed by atoms with Crippen LogP contribution in [0.15, 0.2) is 25.6 Å². The van der Waals surface area contributed by atoms with Gasteiger partial charge >= 0.3 is 5.97 Å². The predicted molar refractivity (Wildman–Crippen MR) is 79.7 cm³/mol. The van der Waals surface area contributed by atoms with Gasteiger partial charge in [-0.2, -0.15) is 4.31 Å². The molecule has 20 heavy (non-hydrogen) atoms. The van der Waals surface area contributed by atoms with Gasteiger partial charge in [0.2, 0.25) is 0 Å². The average Bonchev–Trinajstić information content (AvgIpc) is 2.98. The molecular formula is C10H9BrN2O4S3. The number of carboxylic acids is 1. The third kappa shape index (κ3) is 3.09. The topological polar surface area (TPSA) is 87.6 Å². The highest BCUT2D eigenvalue weighted by atomic mass is 79.9. The molecule has 0 radical (unpaired) electrons. The molecule has 0 aliphatic heterocycles. The van der Waals surface area contributed by atoms with E-state index < -0.39 is 21.7 Å². The lowest BCUT2D eigenvalue weighted by Crippen LogP contribution is -2.26. The molecule has 0 aromatic carbocycles. The zero-order chi connectivity index (χ0) is 14.9. The van der Waals surface area contributed by atoms with Gasteiger partial charge in [0.15, 0.2) is 9.90 Å². The van der Waals surface area contributed by atoms with Crippen molar-refractivity contribution in [2.45, 2.75) is 10.8 Å². The highest BCUT2D eigenvalue weighted by molar-refractivity contribution is 9.10. The molecule has 2 aromatic rings. The third-order valence-corrected chi connectivity index (χ3v) is 7.22. The van der Waals surface area contributed by atoms with Crippen LogP contribution in [0.2, 0.25) is 0 Å². The number of hydrogen-bond acceptors (Lipinski definition) is 6. The minimum Gasteiger partial charge on any atom is -0.476 e. The number of halogens is 1. The van der Waals surface area contributed by atoms with E-state index in [2.05, 4.69) is 20.9 Å². The Morgan fingerprint density at radius 3 is 2.75 bits per heavy atom. The Balaban J connectivity index is 2.30. The van der Waals surface area contributed by atoms with Crippen LogP contribution < -0.4 is 0 Å². The molecule has 0 amide bonds. The van der Waals surface area contributed by atoms with E-state index in [1.807, 2.05) is 11.4 Å². The normalized spacial score (nSPS) is 11.9. The Labute approximate surface area is 131 Å². The monoisotopic (exact) mass is 396 g/mol. The molecule has 0 saturated carbocycles. The molecule has 2 heterocycles. The van der Waals surface area contributed by atoms with E-state index in [0.717, 1.165) is 25.0 Å². The van der Waals surface area contributed by atoms with Crippen molar-refractivity contribution in [3.8, 4) is 0 Å². The van der Waals surface area contributed by atoms with Crippen molar-refractivity contribution < 1.29 is 18.3 Å². The second kappa shape index (κ2) is 5.90. The summed E-state index contributed by atoms with van der Waals surface area (Å²) in [7, 11) is -2.45. The lowest BCUT2D eigenvalue weighted by atomic mass is 10.5. The fraction of sp³-hybridized carbons (Fsp3) is 0.200. The van der Waals surface area contributed by atoms with E-state index in [9.17, 15) is 13.2 Å². The number of hydrogen-bond donors (Lipinski definition) is 1. The quantitative estimate of drug-likeness (QED) is 0.838. The maximum absolute atomic E-state index is 12.4. The Kier molecular flexibility index (Phi) is 4.59. The third-order valence-electron chi connectivity index (χ3n) is 2.38. The van der Waals surface area contributed by atoms with Gasteiger partial charge in [-0.05, 0) is 22.0 Å². The second-order valence-corrected chi connectivity index (χ2v) is 8.79. The van der Waals surface area contributed by atoms with Crippen LogP contribution in [0.4, 0.5) is 0 Å². The van der Waals surface area contributed by atoms with Crippen LogP contribution in [0.5, 0.6) is 0 Å². The number of sulfonamides is 1. The first-order chi connectivity index (χ1) is 9.32. The van der Waals surface area contributed by atoms with Crippen LogP contribution >= 0.6 is 38.6 Å². The molecule has 0 aliphatic rings. The van der Waals surface area contributed by atoms with E-state index in [4.69, 9.17) is 5.11 Å². The van der Waals surface area contributed by atoms with Crippen LogP contribution in [-0.4, -0.2) is 35.8 Å². The summed E-state index contributed by atoms with van der Waals surface area (Å²) >= 11 is 5.52. The maximum atomic E-state index is 12.4. The molecule has 108 valence electrons. The molecule has 0 fully saturated rings. The van der Waals surface area contributed by atoms with Gasteiger partial charge < -0.3 is 5.11 Å². The predicted octanol–water partition coefficient (Wildman–Crippen LogP) is 2.49. The zero-order valence-corrected chi connectivity index (χ0v) is 14.1. The number of carbonyl (C=O) groups is 1. The second-order valence-electron chi connectivity index (χ2n) is 3.79. The van der Waals surface area contributed by atoms with Crippen LogP contribution in [0, 0.1) is 0 Å². The molecule has 0 bridgehead atoms. The Morgan fingerprint density at radius 2 is 2.20 bits per heavy atom. The highest BCUT2D eigenvalue weighted by Gasteiger charge is 2.29. The Morgan fingerprint density at radius 1 is 1.50 bits per heavy atom. The van der Waals surface area contributed by atoms with E-state index >= 15 is 0 Å². The van der Waals surface area contributed by atoms with Gasteiger partial charge in [0.05, 0.1) is 5.51 Å². The van der Waals surface area contributed by atoms with E-state index in [1.54, 1.807) is 0 Å². The van der Waals surface area contributed by atoms with Crippen molar-refractivity contribution >= 4 is 54.6 Å². The highest BCUT2D eigenvalue weighted by Crippen LogP contribution is 2.26. The lowest BCUT2D eigenvalue weighted by Gasteiger charge is -2.15. The van der Waals surface area contributed by atoms with Crippen molar-refractivity contribution in [1.82, 2.24) is 9.29 Å². The number of rotatable bonds is 5. The zero-order valence-electron chi connectivity index (χ0n) is 10.1. The van der Waals surface area contributed by atoms with Crippen molar-refractivity contribution in [2.24, 2.45) is 0 Å². The summed E-state index contributed by atoms with van der Waals surface area (Å²) in [6.45, 7) is 0.176. The summed E-state index contributed by atoms with van der Waals surface area (Å²) in [5.74, 6) is -1.35. The van der Waals surface area contributed by atoms with E-state index in [-0.39, 0.29) is 10.8 Å². The number of thiophene rings is 1. The van der Waals surface area contributed by atoms with Gasteiger partial charge in [0, 0.05) is 28.3 Å². The van der Waals surface area contributed by atoms with Crippen LogP contribution in [0.25, 0.3) is 0 Å². The molecule has 0 spiro atoms. The summed E-state index contributed by atoms with van der Waals surface area (Å²) in [5, 5.41) is 10.8. The largest absolute Gasteiger partial charge is 0.476 e. The van der Waals surface area contributed by atoms with E-state index in [1.165, 1.54) is 23.9 Å². The molecular weight excluding hydrogens is 388 g/mol. The fourth-order valence-corrected chi connectivity index (χ4v) is 5.51. The number of nitrogens with zero attached hydrogens (tertiary/aromatic N) is 2. The first-order valence-electron chi connectivity index (χ1n) is 5.18. The first kappa shape index (κ1) is 15.6. The number of aromatic carboxylic acids is 1. The van der Waals surface area contributed by atoms with Gasteiger partial charge in [-0.3, -0.25) is 0 Å². The van der Waals surface area contributed by atoms with Crippen molar-refractivity contribution in [3.05, 3.63) is 32.0 Å². The molecule has 0 atom stereocenters. The first-order valence-corrected chi connectivity index (χ1v) is 9.17. The van der Waals surface area contributed by atoms with Gasteiger partial charge in [-0.15, -0.1) is 22.7 Å². The smallest absolute Gasteiger partial charge is 0.356 e. The van der Waals surface area contributed by atoms with Gasteiger partial charge in [0.25, 0.3) is 10.0 Å². The minimum absolute atomic E-state index is 0.176. The van der Waals surface area contributed by atoms with Crippen molar-refractivity contribution in [1.29, 1.82) is 0 Å². The number of thiazole rings is 1.